The third-order valence-electron chi connectivity index (χ3n) is 2.27. The Balaban J connectivity index is 0.00000324. The predicted molar refractivity (Wildman–Crippen MR) is 64.6 cm³/mol. The number of hydrogen-bond acceptors (Lipinski definition) is 2. The molecule has 0 saturated heterocycles. The van der Waals surface area contributed by atoms with E-state index >= 15 is 0 Å². The van der Waals surface area contributed by atoms with Crippen LogP contribution in [0.4, 0.5) is 17.6 Å². The van der Waals surface area contributed by atoms with Gasteiger partial charge in [0.25, 0.3) is 5.91 Å². The zero-order chi connectivity index (χ0) is 13.9. The quantitative estimate of drug-likeness (QED) is 0.842. The van der Waals surface area contributed by atoms with Crippen molar-refractivity contribution in [3.8, 4) is 0 Å². The minimum absolute atomic E-state index is 0. The normalized spacial score (nSPS) is 12.5. The van der Waals surface area contributed by atoms with E-state index < -0.39 is 35.1 Å². The highest BCUT2D eigenvalue weighted by molar-refractivity contribution is 5.94. The molecule has 0 aliphatic rings. The SMILES string of the molecule is C[C@H](CN)NC(=O)c1cc(C(F)(F)F)ccc1F.Cl. The fourth-order valence-electron chi connectivity index (χ4n) is 1.24. The Bertz CT molecular complexity index is 451. The maximum absolute atomic E-state index is 13.3. The first-order valence-corrected chi connectivity index (χ1v) is 5.13. The Kier molecular flexibility index (Phi) is 6.24. The van der Waals surface area contributed by atoms with Crippen LogP contribution >= 0.6 is 12.4 Å². The molecular formula is C11H13ClF4N2O. The van der Waals surface area contributed by atoms with Gasteiger partial charge < -0.3 is 11.1 Å². The van der Waals surface area contributed by atoms with Crippen LogP contribution in [0.3, 0.4) is 0 Å². The summed E-state index contributed by atoms with van der Waals surface area (Å²) in [6, 6.07) is 1.23. The first-order valence-electron chi connectivity index (χ1n) is 5.13. The summed E-state index contributed by atoms with van der Waals surface area (Å²) in [6.45, 7) is 1.66. The van der Waals surface area contributed by atoms with E-state index in [0.717, 1.165) is 0 Å². The van der Waals surface area contributed by atoms with Crippen molar-refractivity contribution in [3.63, 3.8) is 0 Å². The van der Waals surface area contributed by atoms with Crippen molar-refractivity contribution in [1.29, 1.82) is 0 Å². The molecule has 0 radical (unpaired) electrons. The zero-order valence-electron chi connectivity index (χ0n) is 9.92. The van der Waals surface area contributed by atoms with Crippen molar-refractivity contribution in [2.24, 2.45) is 5.73 Å². The summed E-state index contributed by atoms with van der Waals surface area (Å²) in [6.07, 6.45) is -4.62. The van der Waals surface area contributed by atoms with Crippen molar-refractivity contribution < 1.29 is 22.4 Å². The lowest BCUT2D eigenvalue weighted by molar-refractivity contribution is -0.137. The molecule has 3 N–H and O–H groups in total. The van der Waals surface area contributed by atoms with E-state index in [1.165, 1.54) is 0 Å². The molecule has 0 bridgehead atoms. The molecule has 3 nitrogen and oxygen atoms in total. The van der Waals surface area contributed by atoms with Crippen LogP contribution < -0.4 is 11.1 Å². The molecule has 0 aliphatic heterocycles. The lowest BCUT2D eigenvalue weighted by Crippen LogP contribution is -2.38. The van der Waals surface area contributed by atoms with Gasteiger partial charge in [0.1, 0.15) is 5.82 Å². The molecule has 0 fully saturated rings. The van der Waals surface area contributed by atoms with E-state index in [4.69, 9.17) is 5.73 Å². The van der Waals surface area contributed by atoms with Crippen molar-refractivity contribution in [2.75, 3.05) is 6.54 Å². The molecule has 108 valence electrons. The summed E-state index contributed by atoms with van der Waals surface area (Å²) < 4.78 is 50.6. The smallest absolute Gasteiger partial charge is 0.348 e. The van der Waals surface area contributed by atoms with Crippen LogP contribution in [0.1, 0.15) is 22.8 Å². The third kappa shape index (κ3) is 4.68. The summed E-state index contributed by atoms with van der Waals surface area (Å²) in [5, 5.41) is 2.29. The van der Waals surface area contributed by atoms with E-state index in [2.05, 4.69) is 5.32 Å². The first kappa shape index (κ1) is 17.7. The molecule has 0 spiro atoms. The summed E-state index contributed by atoms with van der Waals surface area (Å²) in [5.74, 6) is -1.93. The molecule has 0 aromatic heterocycles. The molecule has 0 unspecified atom stereocenters. The fourth-order valence-corrected chi connectivity index (χ4v) is 1.24. The summed E-state index contributed by atoms with van der Waals surface area (Å²) in [4.78, 5) is 11.5. The van der Waals surface area contributed by atoms with Gasteiger partial charge in [0.2, 0.25) is 0 Å². The van der Waals surface area contributed by atoms with Crippen LogP contribution in [0, 0.1) is 5.82 Å². The molecule has 1 aromatic carbocycles. The number of rotatable bonds is 3. The van der Waals surface area contributed by atoms with Crippen LogP contribution in [-0.4, -0.2) is 18.5 Å². The van der Waals surface area contributed by atoms with Gasteiger partial charge in [-0.2, -0.15) is 13.2 Å². The van der Waals surface area contributed by atoms with Gasteiger partial charge >= 0.3 is 6.18 Å². The van der Waals surface area contributed by atoms with E-state index in [1.807, 2.05) is 0 Å². The summed E-state index contributed by atoms with van der Waals surface area (Å²) in [7, 11) is 0. The van der Waals surface area contributed by atoms with Gasteiger partial charge in [-0.25, -0.2) is 4.39 Å². The minimum Gasteiger partial charge on any atom is -0.348 e. The van der Waals surface area contributed by atoms with Crippen LogP contribution in [0.25, 0.3) is 0 Å². The predicted octanol–water partition coefficient (Wildman–Crippen LogP) is 2.34. The molecule has 1 rings (SSSR count). The van der Waals surface area contributed by atoms with E-state index in [0.29, 0.717) is 18.2 Å². The van der Waals surface area contributed by atoms with E-state index in [9.17, 15) is 22.4 Å². The molecule has 0 saturated carbocycles. The second kappa shape index (κ2) is 6.72. The Morgan fingerprint density at radius 1 is 1.42 bits per heavy atom. The van der Waals surface area contributed by atoms with Crippen LogP contribution in [0.5, 0.6) is 0 Å². The number of hydrogen-bond donors (Lipinski definition) is 2. The zero-order valence-corrected chi connectivity index (χ0v) is 10.7. The number of halogens is 5. The van der Waals surface area contributed by atoms with Crippen LogP contribution in [-0.2, 0) is 6.18 Å². The molecule has 1 atom stereocenters. The van der Waals surface area contributed by atoms with Gasteiger partial charge in [-0.1, -0.05) is 0 Å². The molecule has 19 heavy (non-hydrogen) atoms. The second-order valence-corrected chi connectivity index (χ2v) is 3.80. The maximum atomic E-state index is 13.3. The number of carbonyl (C=O) groups excluding carboxylic acids is 1. The number of amides is 1. The third-order valence-corrected chi connectivity index (χ3v) is 2.27. The number of carbonyl (C=O) groups is 1. The van der Waals surface area contributed by atoms with Crippen molar-refractivity contribution in [2.45, 2.75) is 19.1 Å². The average Bonchev–Trinajstić information content (AvgIpc) is 2.27. The Morgan fingerprint density at radius 2 is 2.00 bits per heavy atom. The molecule has 8 heteroatoms. The van der Waals surface area contributed by atoms with Gasteiger partial charge in [-0.15, -0.1) is 12.4 Å². The number of nitrogens with one attached hydrogen (secondary N) is 1. The molecule has 0 aliphatic carbocycles. The Labute approximate surface area is 113 Å². The number of nitrogens with two attached hydrogens (primary N) is 1. The molecule has 1 amide bonds. The summed E-state index contributed by atoms with van der Waals surface area (Å²) in [5.41, 5.74) is 3.52. The average molecular weight is 301 g/mol. The van der Waals surface area contributed by atoms with Gasteiger partial charge in [0.15, 0.2) is 0 Å². The highest BCUT2D eigenvalue weighted by atomic mass is 35.5. The summed E-state index contributed by atoms with van der Waals surface area (Å²) >= 11 is 0. The number of benzene rings is 1. The largest absolute Gasteiger partial charge is 0.416 e. The monoisotopic (exact) mass is 300 g/mol. The highest BCUT2D eigenvalue weighted by Gasteiger charge is 2.32. The Morgan fingerprint density at radius 3 is 2.47 bits per heavy atom. The lowest BCUT2D eigenvalue weighted by atomic mass is 10.1. The highest BCUT2D eigenvalue weighted by Crippen LogP contribution is 2.30. The van der Waals surface area contributed by atoms with Gasteiger partial charge in [-0.05, 0) is 25.1 Å². The molecule has 0 heterocycles. The van der Waals surface area contributed by atoms with Crippen molar-refractivity contribution >= 4 is 18.3 Å². The van der Waals surface area contributed by atoms with Gasteiger partial charge in [-0.3, -0.25) is 4.79 Å². The fraction of sp³-hybridized carbons (Fsp3) is 0.364. The van der Waals surface area contributed by atoms with Gasteiger partial charge in [0.05, 0.1) is 11.1 Å². The standard InChI is InChI=1S/C11H12F4N2O.ClH/c1-6(5-16)17-10(18)8-4-7(11(13,14)15)2-3-9(8)12;/h2-4,6H,5,16H2,1H3,(H,17,18);1H/t6-;/m1./s1. The van der Waals surface area contributed by atoms with Crippen LogP contribution in [0.2, 0.25) is 0 Å². The van der Waals surface area contributed by atoms with E-state index in [1.54, 1.807) is 6.92 Å². The Hall–Kier alpha value is -1.34. The van der Waals surface area contributed by atoms with Gasteiger partial charge in [0, 0.05) is 12.6 Å². The van der Waals surface area contributed by atoms with Crippen LogP contribution in [0.15, 0.2) is 18.2 Å². The van der Waals surface area contributed by atoms with E-state index in [-0.39, 0.29) is 19.0 Å². The topological polar surface area (TPSA) is 55.1 Å². The molecule has 1 aromatic rings. The van der Waals surface area contributed by atoms with Crippen molar-refractivity contribution in [1.82, 2.24) is 5.32 Å². The lowest BCUT2D eigenvalue weighted by Gasteiger charge is -2.13. The minimum atomic E-state index is -4.62. The molecular weight excluding hydrogens is 288 g/mol. The second-order valence-electron chi connectivity index (χ2n) is 3.80. The van der Waals surface area contributed by atoms with Crippen molar-refractivity contribution in [3.05, 3.63) is 35.1 Å². The maximum Gasteiger partial charge on any atom is 0.416 e. The first-order chi connectivity index (χ1) is 8.25. The number of alkyl halides is 3.